The van der Waals surface area contributed by atoms with Crippen LogP contribution >= 0.6 is 34.4 Å². The van der Waals surface area contributed by atoms with Crippen molar-refractivity contribution in [3.8, 4) is 0 Å². The number of nitrogens with zero attached hydrogens (tertiary/aromatic N) is 4. The van der Waals surface area contributed by atoms with Crippen molar-refractivity contribution in [1.29, 1.82) is 0 Å². The zero-order valence-electron chi connectivity index (χ0n) is 17.2. The number of nitrogens with one attached hydrogen (secondary N) is 1. The Morgan fingerprint density at radius 1 is 1.19 bits per heavy atom. The van der Waals surface area contributed by atoms with Gasteiger partial charge in [-0.1, -0.05) is 11.8 Å². The number of amides is 1. The SMILES string of the molecule is O=C(Nc1ccc2nc(SCCc3ccsc3)sc2c1)c1cncc(N2CCOCC2)n1. The molecule has 1 saturated heterocycles. The molecule has 7 nitrogen and oxygen atoms in total. The van der Waals surface area contributed by atoms with Gasteiger partial charge in [0.15, 0.2) is 4.34 Å². The number of morpholine rings is 1. The maximum atomic E-state index is 12.8. The quantitative estimate of drug-likeness (QED) is 0.386. The molecule has 10 heteroatoms. The molecule has 4 heterocycles. The number of fused-ring (bicyclic) bond motifs is 1. The van der Waals surface area contributed by atoms with Gasteiger partial charge in [0, 0.05) is 24.5 Å². The number of carbonyl (C=O) groups is 1. The minimum Gasteiger partial charge on any atom is -0.378 e. The predicted molar refractivity (Wildman–Crippen MR) is 131 cm³/mol. The number of hydrogen-bond acceptors (Lipinski definition) is 9. The van der Waals surface area contributed by atoms with Crippen molar-refractivity contribution < 1.29 is 9.53 Å². The molecule has 0 radical (unpaired) electrons. The van der Waals surface area contributed by atoms with E-state index in [0.717, 1.165) is 45.5 Å². The van der Waals surface area contributed by atoms with Gasteiger partial charge in [0.25, 0.3) is 5.91 Å². The van der Waals surface area contributed by atoms with E-state index in [1.54, 1.807) is 40.6 Å². The third-order valence-electron chi connectivity index (χ3n) is 5.01. The number of rotatable bonds is 7. The lowest BCUT2D eigenvalue weighted by Crippen LogP contribution is -2.37. The van der Waals surface area contributed by atoms with Crippen molar-refractivity contribution in [2.24, 2.45) is 0 Å². The molecule has 0 bridgehead atoms. The Kier molecular flexibility index (Phi) is 6.63. The van der Waals surface area contributed by atoms with Crippen molar-refractivity contribution in [1.82, 2.24) is 15.0 Å². The smallest absolute Gasteiger partial charge is 0.275 e. The Labute approximate surface area is 197 Å². The van der Waals surface area contributed by atoms with Gasteiger partial charge in [0.1, 0.15) is 11.5 Å². The summed E-state index contributed by atoms with van der Waals surface area (Å²) in [6.07, 6.45) is 4.21. The second-order valence-electron chi connectivity index (χ2n) is 7.21. The first kappa shape index (κ1) is 21.3. The van der Waals surface area contributed by atoms with Crippen molar-refractivity contribution in [2.45, 2.75) is 10.8 Å². The highest BCUT2D eigenvalue weighted by Gasteiger charge is 2.16. The lowest BCUT2D eigenvalue weighted by molar-refractivity contribution is 0.102. The van der Waals surface area contributed by atoms with Gasteiger partial charge in [-0.25, -0.2) is 9.97 Å². The third kappa shape index (κ3) is 5.09. The van der Waals surface area contributed by atoms with Crippen molar-refractivity contribution in [3.05, 3.63) is 58.7 Å². The number of carbonyl (C=O) groups excluding carboxylic acids is 1. The van der Waals surface area contributed by atoms with E-state index in [4.69, 9.17) is 9.72 Å². The molecule has 1 aromatic carbocycles. The summed E-state index contributed by atoms with van der Waals surface area (Å²) >= 11 is 5.15. The maximum Gasteiger partial charge on any atom is 0.275 e. The van der Waals surface area contributed by atoms with E-state index in [0.29, 0.717) is 24.7 Å². The third-order valence-corrected chi connectivity index (χ3v) is 7.91. The molecule has 5 rings (SSSR count). The first-order valence-corrected chi connectivity index (χ1v) is 13.0. The Morgan fingerprint density at radius 3 is 2.94 bits per heavy atom. The number of aromatic nitrogens is 3. The molecule has 1 aliphatic rings. The van der Waals surface area contributed by atoms with Crippen LogP contribution in [-0.2, 0) is 11.2 Å². The van der Waals surface area contributed by atoms with E-state index < -0.39 is 0 Å². The number of benzene rings is 1. The van der Waals surface area contributed by atoms with Crippen LogP contribution in [0, 0.1) is 0 Å². The summed E-state index contributed by atoms with van der Waals surface area (Å²) in [6, 6.07) is 7.95. The normalized spacial score (nSPS) is 14.1. The number of anilines is 2. The minimum absolute atomic E-state index is 0.276. The Hall–Kier alpha value is -2.53. The predicted octanol–water partition coefficient (Wildman–Crippen LogP) is 4.57. The molecule has 0 saturated carbocycles. The summed E-state index contributed by atoms with van der Waals surface area (Å²) in [6.45, 7) is 2.80. The molecule has 0 unspecified atom stereocenters. The number of ether oxygens (including phenoxy) is 1. The highest BCUT2D eigenvalue weighted by atomic mass is 32.2. The summed E-state index contributed by atoms with van der Waals surface area (Å²) in [4.78, 5) is 28.3. The maximum absolute atomic E-state index is 12.8. The van der Waals surface area contributed by atoms with Gasteiger partial charge >= 0.3 is 0 Å². The summed E-state index contributed by atoms with van der Waals surface area (Å²) < 4.78 is 7.47. The van der Waals surface area contributed by atoms with Crippen LogP contribution in [0.1, 0.15) is 16.1 Å². The van der Waals surface area contributed by atoms with E-state index in [1.165, 1.54) is 11.8 Å². The van der Waals surface area contributed by atoms with Crippen LogP contribution in [0.15, 0.2) is 51.8 Å². The zero-order chi connectivity index (χ0) is 21.8. The average molecular weight is 484 g/mol. The lowest BCUT2D eigenvalue weighted by Gasteiger charge is -2.27. The molecule has 0 atom stereocenters. The minimum atomic E-state index is -0.276. The molecule has 1 aliphatic heterocycles. The lowest BCUT2D eigenvalue weighted by atomic mass is 10.3. The molecule has 1 fully saturated rings. The van der Waals surface area contributed by atoms with Crippen molar-refractivity contribution in [2.75, 3.05) is 42.3 Å². The number of hydrogen-bond donors (Lipinski definition) is 1. The topological polar surface area (TPSA) is 80.2 Å². The van der Waals surface area contributed by atoms with E-state index in [2.05, 4.69) is 37.0 Å². The van der Waals surface area contributed by atoms with E-state index in [1.807, 2.05) is 18.2 Å². The molecule has 0 aliphatic carbocycles. The van der Waals surface area contributed by atoms with Crippen LogP contribution in [0.2, 0.25) is 0 Å². The van der Waals surface area contributed by atoms with Gasteiger partial charge in [0.05, 0.1) is 35.8 Å². The summed E-state index contributed by atoms with van der Waals surface area (Å²) in [5.41, 5.74) is 3.33. The van der Waals surface area contributed by atoms with Gasteiger partial charge in [-0.15, -0.1) is 11.3 Å². The average Bonchev–Trinajstić information content (AvgIpc) is 3.49. The van der Waals surface area contributed by atoms with Gasteiger partial charge in [0.2, 0.25) is 0 Å². The number of aryl methyl sites for hydroxylation is 1. The van der Waals surface area contributed by atoms with Gasteiger partial charge in [-0.3, -0.25) is 9.78 Å². The van der Waals surface area contributed by atoms with Crippen LogP contribution < -0.4 is 10.2 Å². The summed E-state index contributed by atoms with van der Waals surface area (Å²) in [7, 11) is 0. The molecule has 4 aromatic rings. The fourth-order valence-corrected chi connectivity index (χ4v) is 6.21. The molecular weight excluding hydrogens is 462 g/mol. The number of thioether (sulfide) groups is 1. The Balaban J connectivity index is 1.24. The number of thiophene rings is 1. The number of thiazole rings is 1. The van der Waals surface area contributed by atoms with Gasteiger partial charge < -0.3 is 15.0 Å². The fourth-order valence-electron chi connectivity index (χ4n) is 3.34. The Bertz CT molecular complexity index is 1210. The fraction of sp³-hybridized carbons (Fsp3) is 0.273. The highest BCUT2D eigenvalue weighted by Crippen LogP contribution is 2.32. The highest BCUT2D eigenvalue weighted by molar-refractivity contribution is 8.01. The first-order valence-electron chi connectivity index (χ1n) is 10.3. The van der Waals surface area contributed by atoms with Crippen LogP contribution in [0.3, 0.4) is 0 Å². The first-order chi connectivity index (χ1) is 15.7. The van der Waals surface area contributed by atoms with Gasteiger partial charge in [-0.05, 0) is 47.0 Å². The summed E-state index contributed by atoms with van der Waals surface area (Å²) in [5.74, 6) is 1.42. The molecule has 1 N–H and O–H groups in total. The zero-order valence-corrected chi connectivity index (χ0v) is 19.6. The summed E-state index contributed by atoms with van der Waals surface area (Å²) in [5, 5.41) is 7.24. The van der Waals surface area contributed by atoms with Crippen molar-refractivity contribution in [3.63, 3.8) is 0 Å². The molecule has 0 spiro atoms. The van der Waals surface area contributed by atoms with E-state index in [9.17, 15) is 4.79 Å². The van der Waals surface area contributed by atoms with Crippen LogP contribution in [0.4, 0.5) is 11.5 Å². The molecule has 3 aromatic heterocycles. The molecule has 32 heavy (non-hydrogen) atoms. The van der Waals surface area contributed by atoms with E-state index in [-0.39, 0.29) is 5.91 Å². The second kappa shape index (κ2) is 9.95. The molecular formula is C22H21N5O2S3. The Morgan fingerprint density at radius 2 is 2.09 bits per heavy atom. The van der Waals surface area contributed by atoms with Crippen LogP contribution in [0.5, 0.6) is 0 Å². The standard InChI is InChI=1S/C22H21N5O2S3/c28-21(18-12-23-13-20(25-18)27-5-7-29-8-6-27)24-16-1-2-17-19(11-16)32-22(26-17)31-10-4-15-3-9-30-14-15/h1-3,9,11-14H,4-8,10H2,(H,24,28). The van der Waals surface area contributed by atoms with E-state index >= 15 is 0 Å². The van der Waals surface area contributed by atoms with Crippen molar-refractivity contribution >= 4 is 62.1 Å². The van der Waals surface area contributed by atoms with Crippen LogP contribution in [-0.4, -0.2) is 52.9 Å². The van der Waals surface area contributed by atoms with Gasteiger partial charge in [-0.2, -0.15) is 11.3 Å². The second-order valence-corrected chi connectivity index (χ2v) is 10.4. The largest absolute Gasteiger partial charge is 0.378 e. The monoisotopic (exact) mass is 483 g/mol. The molecule has 1 amide bonds. The van der Waals surface area contributed by atoms with Crippen LogP contribution in [0.25, 0.3) is 10.2 Å². The molecule has 164 valence electrons.